The Kier molecular flexibility index (Phi) is 5.04. The molecule has 1 amide bonds. The lowest BCUT2D eigenvalue weighted by Gasteiger charge is -2.34. The summed E-state index contributed by atoms with van der Waals surface area (Å²) >= 11 is 1.55. The molecule has 1 saturated heterocycles. The molecule has 2 rings (SSSR count). The number of anilines is 1. The molecule has 0 saturated carbocycles. The first-order valence-electron chi connectivity index (χ1n) is 6.59. The fourth-order valence-electron chi connectivity index (χ4n) is 2.04. The maximum Gasteiger partial charge on any atom is 0.275 e. The molecule has 0 radical (unpaired) electrons. The van der Waals surface area contributed by atoms with Crippen molar-refractivity contribution in [3.05, 3.63) is 18.1 Å². The predicted octanol–water partition coefficient (Wildman–Crippen LogP) is 0.468. The molecule has 1 aliphatic heterocycles. The summed E-state index contributed by atoms with van der Waals surface area (Å²) in [7, 11) is -1.64. The molecule has 9 heteroatoms. The van der Waals surface area contributed by atoms with Crippen molar-refractivity contribution in [1.29, 1.82) is 0 Å². The average Bonchev–Trinajstić information content (AvgIpc) is 2.54. The molecule has 1 fully saturated rings. The third-order valence-corrected chi connectivity index (χ3v) is 6.56. The molecule has 0 aromatic carbocycles. The summed E-state index contributed by atoms with van der Waals surface area (Å²) < 4.78 is 24.3. The molecule has 116 valence electrons. The summed E-state index contributed by atoms with van der Waals surface area (Å²) in [5, 5.41) is 2.03. The molecular formula is C12H18N4O3S2. The van der Waals surface area contributed by atoms with Gasteiger partial charge in [-0.3, -0.25) is 9.78 Å². The van der Waals surface area contributed by atoms with E-state index in [1.165, 1.54) is 17.3 Å². The van der Waals surface area contributed by atoms with Crippen molar-refractivity contribution in [2.75, 3.05) is 36.2 Å². The smallest absolute Gasteiger partial charge is 0.275 e. The third kappa shape index (κ3) is 3.46. The van der Waals surface area contributed by atoms with Crippen LogP contribution in [0, 0.1) is 0 Å². The lowest BCUT2D eigenvalue weighted by molar-refractivity contribution is 0.0743. The highest BCUT2D eigenvalue weighted by molar-refractivity contribution is 8.01. The van der Waals surface area contributed by atoms with Crippen molar-refractivity contribution in [3.63, 3.8) is 0 Å². The number of aromatic nitrogens is 2. The number of nitrogens with one attached hydrogen (secondary N) is 1. The summed E-state index contributed by atoms with van der Waals surface area (Å²) in [6.45, 7) is 2.00. The van der Waals surface area contributed by atoms with E-state index in [0.717, 1.165) is 5.75 Å². The Morgan fingerprint density at radius 3 is 2.95 bits per heavy atom. The van der Waals surface area contributed by atoms with Crippen LogP contribution in [0.2, 0.25) is 0 Å². The normalized spacial score (nSPS) is 19.3. The van der Waals surface area contributed by atoms with Crippen molar-refractivity contribution >= 4 is 33.3 Å². The maximum absolute atomic E-state index is 12.6. The predicted molar refractivity (Wildman–Crippen MR) is 83.2 cm³/mol. The molecule has 0 aliphatic carbocycles. The zero-order valence-corrected chi connectivity index (χ0v) is 13.6. The molecule has 1 N–H and O–H groups in total. The average molecular weight is 330 g/mol. The summed E-state index contributed by atoms with van der Waals surface area (Å²) in [5.74, 6) is 1.23. The number of carbonyl (C=O) groups is 1. The van der Waals surface area contributed by atoms with Crippen molar-refractivity contribution in [1.82, 2.24) is 14.9 Å². The molecule has 1 aliphatic rings. The minimum absolute atomic E-state index is 0.0181. The van der Waals surface area contributed by atoms with Gasteiger partial charge in [-0.05, 0) is 0 Å². The van der Waals surface area contributed by atoms with Crippen LogP contribution >= 0.6 is 11.8 Å². The quantitative estimate of drug-likeness (QED) is 0.858. The Morgan fingerprint density at radius 1 is 1.52 bits per heavy atom. The van der Waals surface area contributed by atoms with Crippen molar-refractivity contribution in [2.45, 2.75) is 12.3 Å². The SMILES string of the molecule is CCS(=O)(=O)C1CSCCN1C(=O)c1cncc(NC)n1. The van der Waals surface area contributed by atoms with Gasteiger partial charge in [0, 0.05) is 30.9 Å². The van der Waals surface area contributed by atoms with Gasteiger partial charge in [-0.25, -0.2) is 13.4 Å². The van der Waals surface area contributed by atoms with Crippen LogP contribution in [0.4, 0.5) is 5.82 Å². The van der Waals surface area contributed by atoms with Gasteiger partial charge in [0.25, 0.3) is 5.91 Å². The minimum atomic E-state index is -3.32. The number of hydrogen-bond acceptors (Lipinski definition) is 7. The molecule has 2 heterocycles. The monoisotopic (exact) mass is 330 g/mol. The van der Waals surface area contributed by atoms with Crippen molar-refractivity contribution in [2.24, 2.45) is 0 Å². The Morgan fingerprint density at radius 2 is 2.29 bits per heavy atom. The Hall–Kier alpha value is -1.35. The fourth-order valence-corrected chi connectivity index (χ4v) is 5.01. The topological polar surface area (TPSA) is 92.3 Å². The first-order valence-corrected chi connectivity index (χ1v) is 9.46. The number of rotatable bonds is 4. The number of nitrogens with zero attached hydrogens (tertiary/aromatic N) is 3. The first-order chi connectivity index (χ1) is 9.99. The molecule has 1 aromatic heterocycles. The number of thioether (sulfide) groups is 1. The van der Waals surface area contributed by atoms with Crippen LogP contribution in [0.15, 0.2) is 12.4 Å². The van der Waals surface area contributed by atoms with E-state index in [-0.39, 0.29) is 17.4 Å². The molecule has 0 bridgehead atoms. The Bertz CT molecular complexity index is 621. The van der Waals surface area contributed by atoms with Crippen LogP contribution in [-0.2, 0) is 9.84 Å². The van der Waals surface area contributed by atoms with Gasteiger partial charge in [0.05, 0.1) is 12.4 Å². The number of carbonyl (C=O) groups excluding carboxylic acids is 1. The summed E-state index contributed by atoms with van der Waals surface area (Å²) in [6, 6.07) is 0. The van der Waals surface area contributed by atoms with Gasteiger partial charge in [-0.15, -0.1) is 0 Å². The molecule has 7 nitrogen and oxygen atoms in total. The van der Waals surface area contributed by atoms with E-state index in [1.807, 2.05) is 0 Å². The fraction of sp³-hybridized carbons (Fsp3) is 0.583. The van der Waals surface area contributed by atoms with E-state index in [1.54, 1.807) is 25.7 Å². The number of hydrogen-bond donors (Lipinski definition) is 1. The molecule has 1 unspecified atom stereocenters. The van der Waals surface area contributed by atoms with E-state index < -0.39 is 15.2 Å². The Balaban J connectivity index is 2.30. The standard InChI is InChI=1S/C12H18N4O3S2/c1-3-21(18,19)11-8-20-5-4-16(11)12(17)9-6-14-7-10(13-2)15-9/h6-7,11H,3-5,8H2,1-2H3,(H,13,15). The summed E-state index contributed by atoms with van der Waals surface area (Å²) in [6.07, 6.45) is 2.86. The van der Waals surface area contributed by atoms with Gasteiger partial charge in [-0.1, -0.05) is 6.92 Å². The van der Waals surface area contributed by atoms with E-state index >= 15 is 0 Å². The van der Waals surface area contributed by atoms with E-state index in [2.05, 4.69) is 15.3 Å². The zero-order chi connectivity index (χ0) is 15.5. The second-order valence-electron chi connectivity index (χ2n) is 4.52. The summed E-state index contributed by atoms with van der Waals surface area (Å²) in [4.78, 5) is 22.1. The van der Waals surface area contributed by atoms with Crippen molar-refractivity contribution < 1.29 is 13.2 Å². The van der Waals surface area contributed by atoms with Crippen molar-refractivity contribution in [3.8, 4) is 0 Å². The largest absolute Gasteiger partial charge is 0.372 e. The lowest BCUT2D eigenvalue weighted by Crippen LogP contribution is -2.50. The van der Waals surface area contributed by atoms with Gasteiger partial charge < -0.3 is 10.2 Å². The molecule has 21 heavy (non-hydrogen) atoms. The third-order valence-electron chi connectivity index (χ3n) is 3.27. The van der Waals surface area contributed by atoms with E-state index in [0.29, 0.717) is 18.1 Å². The van der Waals surface area contributed by atoms with E-state index in [4.69, 9.17) is 0 Å². The second kappa shape index (κ2) is 6.61. The van der Waals surface area contributed by atoms with Crippen LogP contribution in [0.25, 0.3) is 0 Å². The van der Waals surface area contributed by atoms with Crippen LogP contribution in [0.5, 0.6) is 0 Å². The highest BCUT2D eigenvalue weighted by atomic mass is 32.2. The molecule has 1 aromatic rings. The minimum Gasteiger partial charge on any atom is -0.372 e. The van der Waals surface area contributed by atoms with Crippen LogP contribution in [0.1, 0.15) is 17.4 Å². The first kappa shape index (κ1) is 16.0. The van der Waals surface area contributed by atoms with Gasteiger partial charge >= 0.3 is 0 Å². The van der Waals surface area contributed by atoms with Gasteiger partial charge in [-0.2, -0.15) is 11.8 Å². The van der Waals surface area contributed by atoms with Gasteiger partial charge in [0.15, 0.2) is 9.84 Å². The lowest BCUT2D eigenvalue weighted by atomic mass is 10.3. The van der Waals surface area contributed by atoms with Gasteiger partial charge in [0.1, 0.15) is 16.9 Å². The van der Waals surface area contributed by atoms with Crippen LogP contribution < -0.4 is 5.32 Å². The molecule has 1 atom stereocenters. The van der Waals surface area contributed by atoms with Crippen LogP contribution in [0.3, 0.4) is 0 Å². The molecular weight excluding hydrogens is 312 g/mol. The second-order valence-corrected chi connectivity index (χ2v) is 8.12. The highest BCUT2D eigenvalue weighted by Gasteiger charge is 2.36. The Labute approximate surface area is 128 Å². The highest BCUT2D eigenvalue weighted by Crippen LogP contribution is 2.23. The van der Waals surface area contributed by atoms with Gasteiger partial charge in [0.2, 0.25) is 0 Å². The van der Waals surface area contributed by atoms with E-state index in [9.17, 15) is 13.2 Å². The number of amides is 1. The summed E-state index contributed by atoms with van der Waals surface area (Å²) in [5.41, 5.74) is 0.157. The molecule has 0 spiro atoms. The zero-order valence-electron chi connectivity index (χ0n) is 11.9. The van der Waals surface area contributed by atoms with Crippen LogP contribution in [-0.4, -0.2) is 65.4 Å². The number of sulfone groups is 1. The maximum atomic E-state index is 12.6.